The fourth-order valence-electron chi connectivity index (χ4n) is 3.35. The minimum absolute atomic E-state index is 0.0720. The van der Waals surface area contributed by atoms with Crippen molar-refractivity contribution in [2.45, 2.75) is 59.0 Å². The Morgan fingerprint density at radius 3 is 2.50 bits per heavy atom. The molecular weight excluding hydrogens is 226 g/mol. The van der Waals surface area contributed by atoms with E-state index in [1.165, 1.54) is 12.8 Å². The third-order valence-electron chi connectivity index (χ3n) is 4.58. The summed E-state index contributed by atoms with van der Waals surface area (Å²) in [6.45, 7) is 8.53. The number of rotatable bonds is 2. The molecule has 0 aromatic heterocycles. The highest BCUT2D eigenvalue weighted by Gasteiger charge is 2.34. The molecule has 0 aromatic rings. The molecule has 0 aromatic carbocycles. The van der Waals surface area contributed by atoms with E-state index in [1.807, 2.05) is 4.90 Å². The number of carbonyl (C=O) groups is 1. The van der Waals surface area contributed by atoms with E-state index in [-0.39, 0.29) is 12.2 Å². The molecule has 3 atom stereocenters. The zero-order chi connectivity index (χ0) is 13.1. The Bertz CT molecular complexity index is 284. The van der Waals surface area contributed by atoms with Crippen LogP contribution in [0.15, 0.2) is 0 Å². The summed E-state index contributed by atoms with van der Waals surface area (Å²) in [5, 5.41) is 0. The van der Waals surface area contributed by atoms with E-state index in [1.54, 1.807) is 0 Å². The van der Waals surface area contributed by atoms with Crippen LogP contribution in [-0.4, -0.2) is 30.2 Å². The second kappa shape index (κ2) is 5.94. The monoisotopic (exact) mass is 253 g/mol. The molecule has 1 saturated carbocycles. The van der Waals surface area contributed by atoms with E-state index >= 15 is 0 Å². The average Bonchev–Trinajstić information content (AvgIpc) is 2.81. The average molecular weight is 253 g/mol. The van der Waals surface area contributed by atoms with Gasteiger partial charge in [-0.3, -0.25) is 0 Å². The van der Waals surface area contributed by atoms with Crippen molar-refractivity contribution in [3.05, 3.63) is 0 Å². The second-order valence-electron chi connectivity index (χ2n) is 6.44. The van der Waals surface area contributed by atoms with E-state index in [4.69, 9.17) is 4.74 Å². The molecule has 0 bridgehead atoms. The fourth-order valence-corrected chi connectivity index (χ4v) is 3.35. The topological polar surface area (TPSA) is 29.5 Å². The van der Waals surface area contributed by atoms with Gasteiger partial charge in [-0.1, -0.05) is 27.2 Å². The van der Waals surface area contributed by atoms with E-state index < -0.39 is 0 Å². The molecule has 104 valence electrons. The normalized spacial score (nSPS) is 32.9. The van der Waals surface area contributed by atoms with Crippen LogP contribution < -0.4 is 0 Å². The van der Waals surface area contributed by atoms with Crippen LogP contribution in [0.2, 0.25) is 0 Å². The molecule has 0 radical (unpaired) electrons. The van der Waals surface area contributed by atoms with Crippen LogP contribution in [0.1, 0.15) is 52.9 Å². The molecule has 18 heavy (non-hydrogen) atoms. The van der Waals surface area contributed by atoms with Gasteiger partial charge in [-0.05, 0) is 43.4 Å². The predicted octanol–water partition coefficient (Wildman–Crippen LogP) is 3.68. The van der Waals surface area contributed by atoms with Crippen molar-refractivity contribution < 1.29 is 9.53 Å². The van der Waals surface area contributed by atoms with E-state index in [0.29, 0.717) is 17.8 Å². The minimum Gasteiger partial charge on any atom is -0.446 e. The Morgan fingerprint density at radius 2 is 1.89 bits per heavy atom. The summed E-state index contributed by atoms with van der Waals surface area (Å²) in [6.07, 6.45) is 5.85. The molecule has 0 unspecified atom stereocenters. The summed E-state index contributed by atoms with van der Waals surface area (Å²) in [5.74, 6) is 1.85. The molecule has 3 heteroatoms. The van der Waals surface area contributed by atoms with E-state index in [0.717, 1.165) is 32.4 Å². The lowest BCUT2D eigenvalue weighted by Crippen LogP contribution is -2.39. The van der Waals surface area contributed by atoms with Crippen LogP contribution in [0, 0.1) is 17.8 Å². The number of hydrogen-bond donors (Lipinski definition) is 0. The molecule has 2 aliphatic rings. The molecule has 1 saturated heterocycles. The standard InChI is InChI=1S/C15H27NO2/c1-11(2)13-7-6-12(3)10-14(13)18-15(17)16-8-4-5-9-16/h11-14H,4-10H2,1-3H3/t12-,13+,14-/m1/s1. The van der Waals surface area contributed by atoms with Crippen LogP contribution in [-0.2, 0) is 4.74 Å². The van der Waals surface area contributed by atoms with Crippen molar-refractivity contribution in [2.24, 2.45) is 17.8 Å². The highest BCUT2D eigenvalue weighted by atomic mass is 16.6. The van der Waals surface area contributed by atoms with E-state index in [2.05, 4.69) is 20.8 Å². The van der Waals surface area contributed by atoms with Gasteiger partial charge in [0.2, 0.25) is 0 Å². The Balaban J connectivity index is 1.93. The van der Waals surface area contributed by atoms with E-state index in [9.17, 15) is 4.79 Å². The smallest absolute Gasteiger partial charge is 0.410 e. The molecule has 1 aliphatic carbocycles. The van der Waals surface area contributed by atoms with Crippen molar-refractivity contribution >= 4 is 6.09 Å². The summed E-state index contributed by atoms with van der Waals surface area (Å²) < 4.78 is 5.81. The summed E-state index contributed by atoms with van der Waals surface area (Å²) in [6, 6.07) is 0. The largest absolute Gasteiger partial charge is 0.446 e. The first-order chi connectivity index (χ1) is 8.58. The SMILES string of the molecule is CC(C)[C@@H]1CC[C@@H](C)C[C@H]1OC(=O)N1CCCC1. The van der Waals surface area contributed by atoms with Crippen LogP contribution >= 0.6 is 0 Å². The summed E-state index contributed by atoms with van der Waals surface area (Å²) >= 11 is 0. The Labute approximate surface area is 111 Å². The van der Waals surface area contributed by atoms with Gasteiger partial charge in [-0.25, -0.2) is 4.79 Å². The third kappa shape index (κ3) is 3.18. The molecule has 2 rings (SSSR count). The minimum atomic E-state index is -0.0720. The van der Waals surface area contributed by atoms with Gasteiger partial charge < -0.3 is 9.64 Å². The molecular formula is C15H27NO2. The lowest BCUT2D eigenvalue weighted by molar-refractivity contribution is -0.00764. The van der Waals surface area contributed by atoms with Gasteiger partial charge in [0.1, 0.15) is 6.10 Å². The van der Waals surface area contributed by atoms with Gasteiger partial charge in [0.25, 0.3) is 0 Å². The number of amides is 1. The first-order valence-corrected chi connectivity index (χ1v) is 7.53. The van der Waals surface area contributed by atoms with Crippen LogP contribution in [0.5, 0.6) is 0 Å². The zero-order valence-electron chi connectivity index (χ0n) is 12.0. The molecule has 1 aliphatic heterocycles. The van der Waals surface area contributed by atoms with Crippen LogP contribution in [0.4, 0.5) is 4.79 Å². The van der Waals surface area contributed by atoms with Crippen LogP contribution in [0.25, 0.3) is 0 Å². The Hall–Kier alpha value is -0.730. The quantitative estimate of drug-likeness (QED) is 0.751. The Morgan fingerprint density at radius 1 is 1.22 bits per heavy atom. The number of ether oxygens (including phenoxy) is 1. The summed E-state index contributed by atoms with van der Waals surface area (Å²) in [5.41, 5.74) is 0. The van der Waals surface area contributed by atoms with Crippen molar-refractivity contribution in [2.75, 3.05) is 13.1 Å². The fraction of sp³-hybridized carbons (Fsp3) is 0.933. The van der Waals surface area contributed by atoms with Crippen molar-refractivity contribution in [1.82, 2.24) is 4.90 Å². The maximum Gasteiger partial charge on any atom is 0.410 e. The lowest BCUT2D eigenvalue weighted by atomic mass is 9.75. The van der Waals surface area contributed by atoms with Crippen LogP contribution in [0.3, 0.4) is 0 Å². The maximum absolute atomic E-state index is 12.1. The van der Waals surface area contributed by atoms with Crippen molar-refractivity contribution in [1.29, 1.82) is 0 Å². The van der Waals surface area contributed by atoms with Crippen molar-refractivity contribution in [3.63, 3.8) is 0 Å². The van der Waals surface area contributed by atoms with Gasteiger partial charge in [-0.2, -0.15) is 0 Å². The number of hydrogen-bond acceptors (Lipinski definition) is 2. The molecule has 0 spiro atoms. The maximum atomic E-state index is 12.1. The number of likely N-dealkylation sites (tertiary alicyclic amines) is 1. The first kappa shape index (κ1) is 13.7. The second-order valence-corrected chi connectivity index (χ2v) is 6.44. The molecule has 3 nitrogen and oxygen atoms in total. The van der Waals surface area contributed by atoms with Gasteiger partial charge in [0.15, 0.2) is 0 Å². The summed E-state index contributed by atoms with van der Waals surface area (Å²) in [7, 11) is 0. The number of nitrogens with zero attached hydrogens (tertiary/aromatic N) is 1. The van der Waals surface area contributed by atoms with Gasteiger partial charge in [0, 0.05) is 13.1 Å². The highest BCUT2D eigenvalue weighted by molar-refractivity contribution is 5.68. The van der Waals surface area contributed by atoms with Gasteiger partial charge >= 0.3 is 6.09 Å². The third-order valence-corrected chi connectivity index (χ3v) is 4.58. The number of carbonyl (C=O) groups excluding carboxylic acids is 1. The first-order valence-electron chi connectivity index (χ1n) is 7.53. The molecule has 1 heterocycles. The molecule has 2 fully saturated rings. The molecule has 1 amide bonds. The molecule has 0 N–H and O–H groups in total. The van der Waals surface area contributed by atoms with Gasteiger partial charge in [0.05, 0.1) is 0 Å². The van der Waals surface area contributed by atoms with Crippen molar-refractivity contribution in [3.8, 4) is 0 Å². The lowest BCUT2D eigenvalue weighted by Gasteiger charge is -2.37. The predicted molar refractivity (Wildman–Crippen MR) is 72.4 cm³/mol. The Kier molecular flexibility index (Phi) is 4.52. The highest BCUT2D eigenvalue weighted by Crippen LogP contribution is 2.35. The summed E-state index contributed by atoms with van der Waals surface area (Å²) in [4.78, 5) is 14.0. The van der Waals surface area contributed by atoms with Gasteiger partial charge in [-0.15, -0.1) is 0 Å². The zero-order valence-corrected chi connectivity index (χ0v) is 12.0.